The van der Waals surface area contributed by atoms with Crippen LogP contribution in [0.1, 0.15) is 60.7 Å². The summed E-state index contributed by atoms with van der Waals surface area (Å²) in [4.78, 5) is 0. The average molecular weight is 677 g/mol. The number of hydrogen-bond acceptors (Lipinski definition) is 5. The first-order valence-electron chi connectivity index (χ1n) is 15.9. The molecule has 5 nitrogen and oxygen atoms in total. The van der Waals surface area contributed by atoms with Gasteiger partial charge in [-0.15, -0.1) is 0 Å². The normalized spacial score (nSPS) is 17.0. The highest BCUT2D eigenvalue weighted by atomic mass is 28.3. The molecule has 250 valence electrons. The zero-order valence-electron chi connectivity index (χ0n) is 27.4. The molecule has 1 aliphatic carbocycles. The maximum atomic E-state index is 7.47. The van der Waals surface area contributed by atoms with Crippen LogP contribution in [-0.2, 0) is 19.6 Å². The number of hydrogen-bond donors (Lipinski definition) is 0. The molecular formula is C41H48O5Si2. The van der Waals surface area contributed by atoms with Crippen LogP contribution in [0, 0.1) is 13.8 Å². The van der Waals surface area contributed by atoms with Crippen LogP contribution in [0.15, 0.2) is 91.0 Å². The Bertz CT molecular complexity index is 1920. The van der Waals surface area contributed by atoms with Gasteiger partial charge in [0.1, 0.15) is 27.0 Å². The zero-order valence-corrected chi connectivity index (χ0v) is 30.2. The molecule has 0 spiro atoms. The van der Waals surface area contributed by atoms with E-state index in [1.165, 1.54) is 38.8 Å². The van der Waals surface area contributed by atoms with Gasteiger partial charge in [-0.1, -0.05) is 93.2 Å². The zero-order chi connectivity index (χ0) is 32.1. The number of methoxy groups -OCH3 is 2. The summed E-state index contributed by atoms with van der Waals surface area (Å²) in [6.45, 7) is 9.37. The van der Waals surface area contributed by atoms with Crippen LogP contribution in [0.4, 0.5) is 0 Å². The average Bonchev–Trinajstić information content (AvgIpc) is 3.34. The van der Waals surface area contributed by atoms with E-state index in [9.17, 15) is 0 Å². The van der Waals surface area contributed by atoms with Gasteiger partial charge in [-0.2, -0.15) is 0 Å². The van der Waals surface area contributed by atoms with Gasteiger partial charge in [0, 0.05) is 34.1 Å². The standard InChI is InChI=1S/C39H40O5Si2.2CH4/c1-24-7-17-30-33(21-24)37-32(36-35(30)31-18-8-25(2)22-34(31)38(36,3)23-42-46-44-45-6)19-20-39(43-37,26-9-13-28(40-4)14-10-26)27-11-15-29(41-5)16-12-27;;/h7-22H,23,45-46H2,1-6H3;2*1H4. The van der Waals surface area contributed by atoms with Crippen LogP contribution >= 0.6 is 0 Å². The molecule has 7 heteroatoms. The molecule has 5 aromatic rings. The number of ether oxygens (including phenoxy) is 3. The summed E-state index contributed by atoms with van der Waals surface area (Å²) in [5.74, 6) is 2.49. The van der Waals surface area contributed by atoms with Crippen LogP contribution < -0.4 is 14.2 Å². The Hall–Kier alpha value is -4.15. The monoisotopic (exact) mass is 676 g/mol. The molecule has 0 fully saturated rings. The Morgan fingerprint density at radius 2 is 1.35 bits per heavy atom. The minimum Gasteiger partial charge on any atom is -0.497 e. The van der Waals surface area contributed by atoms with Gasteiger partial charge in [-0.05, 0) is 84.8 Å². The van der Waals surface area contributed by atoms with Gasteiger partial charge in [0.25, 0.3) is 10.0 Å². The molecule has 48 heavy (non-hydrogen) atoms. The fraction of sp³-hybridized carbons (Fsp3) is 0.268. The largest absolute Gasteiger partial charge is 0.497 e. The molecule has 7 rings (SSSR count). The molecule has 1 aliphatic heterocycles. The number of rotatable bonds is 9. The molecule has 2 aliphatic rings. The van der Waals surface area contributed by atoms with E-state index < -0.39 is 25.4 Å². The first-order valence-corrected chi connectivity index (χ1v) is 19.0. The van der Waals surface area contributed by atoms with E-state index in [0.29, 0.717) is 6.61 Å². The van der Waals surface area contributed by atoms with Crippen molar-refractivity contribution in [3.63, 3.8) is 0 Å². The van der Waals surface area contributed by atoms with Crippen LogP contribution in [0.5, 0.6) is 17.2 Å². The molecule has 1 atom stereocenters. The molecule has 5 aromatic carbocycles. The van der Waals surface area contributed by atoms with Crippen LogP contribution in [0.25, 0.3) is 28.0 Å². The highest BCUT2D eigenvalue weighted by molar-refractivity contribution is 6.37. The SMILES string of the molecule is C.C.COc1ccc(C2(c3ccc(OC)cc3)C=Cc3c4c(c5ccc(C)cc5c3O2)-c2ccc(C)cc2C4(C)CO[SiH2]O[SiH2]C)cc1. The number of aryl methyl sites for hydroxylation is 2. The highest BCUT2D eigenvalue weighted by Gasteiger charge is 2.46. The van der Waals surface area contributed by atoms with E-state index in [-0.39, 0.29) is 20.3 Å². The second kappa shape index (κ2) is 13.8. The Morgan fingerprint density at radius 3 is 1.96 bits per heavy atom. The van der Waals surface area contributed by atoms with Crippen molar-refractivity contribution >= 4 is 36.6 Å². The van der Waals surface area contributed by atoms with Gasteiger partial charge >= 0.3 is 0 Å². The van der Waals surface area contributed by atoms with Crippen molar-refractivity contribution in [2.75, 3.05) is 20.8 Å². The number of fused-ring (bicyclic) bond motifs is 8. The third kappa shape index (κ3) is 5.58. The maximum absolute atomic E-state index is 7.47. The summed E-state index contributed by atoms with van der Waals surface area (Å²) < 4.78 is 30.8. The molecule has 0 saturated carbocycles. The second-order valence-electron chi connectivity index (χ2n) is 12.5. The lowest BCUT2D eigenvalue weighted by Gasteiger charge is -2.39. The van der Waals surface area contributed by atoms with Crippen molar-refractivity contribution in [2.45, 2.75) is 53.2 Å². The van der Waals surface area contributed by atoms with Crippen LogP contribution in [-0.4, -0.2) is 40.6 Å². The highest BCUT2D eigenvalue weighted by Crippen LogP contribution is 2.58. The molecule has 0 bridgehead atoms. The lowest BCUT2D eigenvalue weighted by Crippen LogP contribution is -2.36. The molecule has 0 saturated heterocycles. The molecular weight excluding hydrogens is 629 g/mol. The van der Waals surface area contributed by atoms with Gasteiger partial charge in [-0.3, -0.25) is 0 Å². The molecule has 0 radical (unpaired) electrons. The first-order chi connectivity index (χ1) is 22.3. The third-order valence-corrected chi connectivity index (χ3v) is 12.3. The third-order valence-electron chi connectivity index (χ3n) is 9.59. The molecule has 0 aromatic heterocycles. The Labute approximate surface area is 290 Å². The van der Waals surface area contributed by atoms with Gasteiger partial charge in [-0.25, -0.2) is 0 Å². The molecule has 1 unspecified atom stereocenters. The van der Waals surface area contributed by atoms with E-state index in [1.54, 1.807) is 14.2 Å². The van der Waals surface area contributed by atoms with Gasteiger partial charge < -0.3 is 22.8 Å². The predicted octanol–water partition coefficient (Wildman–Crippen LogP) is 8.55. The summed E-state index contributed by atoms with van der Waals surface area (Å²) in [5, 5.41) is 2.30. The topological polar surface area (TPSA) is 46.2 Å². The van der Waals surface area contributed by atoms with Crippen LogP contribution in [0.2, 0.25) is 6.55 Å². The van der Waals surface area contributed by atoms with E-state index in [4.69, 9.17) is 22.8 Å². The van der Waals surface area contributed by atoms with Gasteiger partial charge in [0.2, 0.25) is 0 Å². The lowest BCUT2D eigenvalue weighted by molar-refractivity contribution is 0.162. The smallest absolute Gasteiger partial charge is 0.293 e. The van der Waals surface area contributed by atoms with E-state index in [1.807, 2.05) is 24.3 Å². The summed E-state index contributed by atoms with van der Waals surface area (Å²) in [6.07, 6.45) is 4.51. The van der Waals surface area contributed by atoms with Gasteiger partial charge in [0.05, 0.1) is 14.2 Å². The lowest BCUT2D eigenvalue weighted by atomic mass is 9.76. The first kappa shape index (κ1) is 35.2. The van der Waals surface area contributed by atoms with E-state index in [0.717, 1.165) is 39.3 Å². The summed E-state index contributed by atoms with van der Waals surface area (Å²) >= 11 is 0. The Balaban J connectivity index is 0.00000225. The summed E-state index contributed by atoms with van der Waals surface area (Å²) in [5.41, 5.74) is 9.42. The predicted molar refractivity (Wildman–Crippen MR) is 205 cm³/mol. The minimum atomic E-state index is -1.04. The van der Waals surface area contributed by atoms with Crippen molar-refractivity contribution < 1.29 is 22.8 Å². The van der Waals surface area contributed by atoms with Crippen molar-refractivity contribution in [1.82, 2.24) is 0 Å². The fourth-order valence-electron chi connectivity index (χ4n) is 7.27. The molecule has 0 N–H and O–H groups in total. The van der Waals surface area contributed by atoms with Crippen molar-refractivity contribution in [3.8, 4) is 28.4 Å². The second-order valence-corrected chi connectivity index (χ2v) is 15.4. The Kier molecular flexibility index (Phi) is 10.1. The maximum Gasteiger partial charge on any atom is 0.293 e. The van der Waals surface area contributed by atoms with Crippen molar-refractivity contribution in [3.05, 3.63) is 130 Å². The fourth-order valence-corrected chi connectivity index (χ4v) is 8.90. The summed E-state index contributed by atoms with van der Waals surface area (Å²) in [6, 6.07) is 30.0. The van der Waals surface area contributed by atoms with Crippen molar-refractivity contribution in [1.29, 1.82) is 0 Å². The van der Waals surface area contributed by atoms with Gasteiger partial charge in [0.15, 0.2) is 5.60 Å². The number of benzene rings is 5. The summed E-state index contributed by atoms with van der Waals surface area (Å²) in [7, 11) is 1.84. The quantitative estimate of drug-likeness (QED) is 0.116. The minimum absolute atomic E-state index is 0. The Morgan fingerprint density at radius 1 is 0.750 bits per heavy atom. The van der Waals surface area contributed by atoms with E-state index in [2.05, 4.69) is 100 Å². The molecule has 1 heterocycles. The van der Waals surface area contributed by atoms with Crippen molar-refractivity contribution in [2.24, 2.45) is 0 Å². The molecule has 0 amide bonds. The van der Waals surface area contributed by atoms with E-state index >= 15 is 0 Å². The van der Waals surface area contributed by atoms with Crippen LogP contribution in [0.3, 0.4) is 0 Å².